The van der Waals surface area contributed by atoms with Gasteiger partial charge in [-0.1, -0.05) is 6.07 Å². The number of ether oxygens (including phenoxy) is 5. The second kappa shape index (κ2) is 16.4. The molecule has 288 valence electrons. The molecule has 1 saturated heterocycles. The Morgan fingerprint density at radius 1 is 0.944 bits per heavy atom. The number of fused-ring (bicyclic) bond motifs is 1. The summed E-state index contributed by atoms with van der Waals surface area (Å²) in [6.45, 7) is 6.54. The molecule has 1 aliphatic carbocycles. The van der Waals surface area contributed by atoms with E-state index >= 15 is 0 Å². The number of anilines is 1. The van der Waals surface area contributed by atoms with Gasteiger partial charge >= 0.3 is 6.09 Å². The number of benzene rings is 3. The predicted molar refractivity (Wildman–Crippen MR) is 201 cm³/mol. The Balaban J connectivity index is 1.31. The van der Waals surface area contributed by atoms with Gasteiger partial charge in [-0.2, -0.15) is 0 Å². The van der Waals surface area contributed by atoms with Crippen LogP contribution in [0.4, 0.5) is 14.9 Å². The molecule has 0 bridgehead atoms. The third-order valence-electron chi connectivity index (χ3n) is 9.43. The van der Waals surface area contributed by atoms with Gasteiger partial charge in [0.1, 0.15) is 47.9 Å². The fourth-order valence-corrected chi connectivity index (χ4v) is 6.77. The highest BCUT2D eigenvalue weighted by atomic mass is 19.1. The predicted octanol–water partition coefficient (Wildman–Crippen LogP) is 6.56. The van der Waals surface area contributed by atoms with Crippen LogP contribution in [0.25, 0.3) is 10.9 Å². The molecule has 0 N–H and O–H groups in total. The van der Waals surface area contributed by atoms with Crippen LogP contribution >= 0.6 is 0 Å². The zero-order chi connectivity index (χ0) is 38.6. The lowest BCUT2D eigenvalue weighted by Crippen LogP contribution is -2.63. The van der Waals surface area contributed by atoms with Gasteiger partial charge in [0, 0.05) is 67.8 Å². The average molecular weight is 745 g/mol. The van der Waals surface area contributed by atoms with E-state index in [2.05, 4.69) is 4.57 Å². The molecule has 0 spiro atoms. The smallest absolute Gasteiger partial charge is 0.410 e. The number of piperazine rings is 1. The highest BCUT2D eigenvalue weighted by molar-refractivity contribution is 6.04. The monoisotopic (exact) mass is 744 g/mol. The SMILES string of the molecule is COCCCn1cc(CN(C(=O)C2CN(C(=O)OC(C)(C)C)CC(=O)N2c2cccc(OCc3cc(OC)cc(OC)c3)c2)C2CC2)c2cc(F)ccc21. The first-order chi connectivity index (χ1) is 25.9. The summed E-state index contributed by atoms with van der Waals surface area (Å²) in [4.78, 5) is 46.9. The number of nitrogens with zero attached hydrogens (tertiary/aromatic N) is 4. The number of hydrogen-bond acceptors (Lipinski definition) is 8. The summed E-state index contributed by atoms with van der Waals surface area (Å²) >= 11 is 0. The van der Waals surface area contributed by atoms with Crippen molar-refractivity contribution >= 4 is 34.5 Å². The summed E-state index contributed by atoms with van der Waals surface area (Å²) in [6.07, 6.45) is 3.64. The van der Waals surface area contributed by atoms with Crippen molar-refractivity contribution in [1.82, 2.24) is 14.4 Å². The molecule has 1 unspecified atom stereocenters. The van der Waals surface area contributed by atoms with Gasteiger partial charge in [0.05, 0.1) is 20.8 Å². The minimum absolute atomic E-state index is 0.0682. The minimum atomic E-state index is -1.07. The zero-order valence-electron chi connectivity index (χ0n) is 31.8. The lowest BCUT2D eigenvalue weighted by molar-refractivity contribution is -0.138. The lowest BCUT2D eigenvalue weighted by atomic mass is 10.1. The first-order valence-electron chi connectivity index (χ1n) is 18.2. The second-order valence-electron chi connectivity index (χ2n) is 14.7. The van der Waals surface area contributed by atoms with E-state index in [0.717, 1.165) is 41.3 Å². The molecule has 13 heteroatoms. The van der Waals surface area contributed by atoms with Crippen molar-refractivity contribution in [3.63, 3.8) is 0 Å². The molecular formula is C41H49FN4O8. The van der Waals surface area contributed by atoms with E-state index < -0.39 is 23.6 Å². The average Bonchev–Trinajstić information content (AvgIpc) is 3.94. The first-order valence-corrected chi connectivity index (χ1v) is 18.2. The molecule has 12 nitrogen and oxygen atoms in total. The van der Waals surface area contributed by atoms with Gasteiger partial charge < -0.3 is 33.2 Å². The van der Waals surface area contributed by atoms with Crippen molar-refractivity contribution in [2.75, 3.05) is 45.9 Å². The van der Waals surface area contributed by atoms with Crippen molar-refractivity contribution in [1.29, 1.82) is 0 Å². The van der Waals surface area contributed by atoms with E-state index in [1.165, 1.54) is 21.9 Å². The number of hydrogen-bond donors (Lipinski definition) is 0. The van der Waals surface area contributed by atoms with Gasteiger partial charge in [-0.15, -0.1) is 0 Å². The number of aromatic nitrogens is 1. The Morgan fingerprint density at radius 2 is 1.69 bits per heavy atom. The molecule has 2 fully saturated rings. The molecule has 1 atom stereocenters. The Kier molecular flexibility index (Phi) is 11.7. The van der Waals surface area contributed by atoms with Gasteiger partial charge in [-0.25, -0.2) is 9.18 Å². The minimum Gasteiger partial charge on any atom is -0.497 e. The van der Waals surface area contributed by atoms with E-state index in [1.54, 1.807) is 83.4 Å². The number of carbonyl (C=O) groups excluding carboxylic acids is 3. The first kappa shape index (κ1) is 38.4. The number of carbonyl (C=O) groups is 3. The van der Waals surface area contributed by atoms with Crippen LogP contribution in [0.5, 0.6) is 17.2 Å². The molecule has 54 heavy (non-hydrogen) atoms. The molecule has 3 aromatic carbocycles. The number of rotatable bonds is 14. The third-order valence-corrected chi connectivity index (χ3v) is 9.43. The Labute approximate surface area is 315 Å². The second-order valence-corrected chi connectivity index (χ2v) is 14.7. The molecule has 3 amide bonds. The lowest BCUT2D eigenvalue weighted by Gasteiger charge is -2.42. The van der Waals surface area contributed by atoms with Crippen LogP contribution in [0, 0.1) is 5.82 Å². The maximum Gasteiger partial charge on any atom is 0.410 e. The fraction of sp³-hybridized carbons (Fsp3) is 0.439. The van der Waals surface area contributed by atoms with Gasteiger partial charge in [0.25, 0.3) is 0 Å². The summed E-state index contributed by atoms with van der Waals surface area (Å²) < 4.78 is 44.6. The highest BCUT2D eigenvalue weighted by Crippen LogP contribution is 2.35. The van der Waals surface area contributed by atoms with Crippen LogP contribution in [0.1, 0.15) is 51.2 Å². The van der Waals surface area contributed by atoms with Gasteiger partial charge in [-0.3, -0.25) is 19.4 Å². The van der Waals surface area contributed by atoms with Crippen molar-refractivity contribution < 1.29 is 42.5 Å². The van der Waals surface area contributed by atoms with Crippen LogP contribution in [-0.4, -0.2) is 91.0 Å². The largest absolute Gasteiger partial charge is 0.497 e. The Bertz CT molecular complexity index is 1970. The standard InChI is InChI=1S/C41H49FN4O8/c1-41(2,3)54-40(49)44-24-37(39(48)45(30-12-13-30)23-28-22-43(15-8-16-50-4)36-14-11-29(42)19-35(28)36)46(38(47)25-44)31-9-7-10-32(20-31)53-26-27-17-33(51-5)21-34(18-27)52-6/h7,9-11,14,17-22,30,37H,8,12-13,15-16,23-26H2,1-6H3. The van der Waals surface area contributed by atoms with E-state index in [0.29, 0.717) is 36.1 Å². The zero-order valence-corrected chi connectivity index (χ0v) is 31.8. The summed E-state index contributed by atoms with van der Waals surface area (Å²) in [5.74, 6) is 0.603. The Hall–Kier alpha value is -5.30. The highest BCUT2D eigenvalue weighted by Gasteiger charge is 2.45. The van der Waals surface area contributed by atoms with Crippen molar-refractivity contribution in [3.8, 4) is 17.2 Å². The van der Waals surface area contributed by atoms with E-state index in [1.807, 2.05) is 18.3 Å². The summed E-state index contributed by atoms with van der Waals surface area (Å²) in [5, 5.41) is 0.719. The quantitative estimate of drug-likeness (QED) is 0.134. The van der Waals surface area contributed by atoms with Crippen molar-refractivity contribution in [2.45, 2.75) is 77.4 Å². The van der Waals surface area contributed by atoms with Crippen LogP contribution in [0.2, 0.25) is 0 Å². The summed E-state index contributed by atoms with van der Waals surface area (Å²) in [7, 11) is 4.81. The van der Waals surface area contributed by atoms with E-state index in [9.17, 15) is 18.8 Å². The molecule has 6 rings (SSSR count). The summed E-state index contributed by atoms with van der Waals surface area (Å²) in [5.41, 5.74) is 2.12. The van der Waals surface area contributed by atoms with E-state index in [4.69, 9.17) is 23.7 Å². The van der Waals surface area contributed by atoms with Crippen LogP contribution in [0.3, 0.4) is 0 Å². The van der Waals surface area contributed by atoms with Gasteiger partial charge in [0.2, 0.25) is 11.8 Å². The number of aryl methyl sites for hydroxylation is 1. The van der Waals surface area contributed by atoms with Crippen molar-refractivity contribution in [2.24, 2.45) is 0 Å². The maximum absolute atomic E-state index is 14.9. The van der Waals surface area contributed by atoms with Gasteiger partial charge in [-0.05, 0) is 93.6 Å². The number of halogens is 1. The van der Waals surface area contributed by atoms with Crippen LogP contribution < -0.4 is 19.1 Å². The van der Waals surface area contributed by atoms with Crippen molar-refractivity contribution in [3.05, 3.63) is 83.8 Å². The third kappa shape index (κ3) is 9.07. The Morgan fingerprint density at radius 3 is 2.35 bits per heavy atom. The molecule has 1 aliphatic heterocycles. The molecular weight excluding hydrogens is 695 g/mol. The molecule has 2 heterocycles. The normalized spacial score (nSPS) is 16.1. The molecule has 4 aromatic rings. The molecule has 1 saturated carbocycles. The molecule has 2 aliphatic rings. The molecule has 1 aromatic heterocycles. The van der Waals surface area contributed by atoms with Crippen LogP contribution in [0.15, 0.2) is 66.9 Å². The van der Waals surface area contributed by atoms with E-state index in [-0.39, 0.29) is 44.0 Å². The topological polar surface area (TPSA) is 112 Å². The fourth-order valence-electron chi connectivity index (χ4n) is 6.77. The maximum atomic E-state index is 14.9. The number of methoxy groups -OCH3 is 3. The summed E-state index contributed by atoms with van der Waals surface area (Å²) in [6, 6.07) is 16.0. The van der Waals surface area contributed by atoms with Gasteiger partial charge in [0.15, 0.2) is 0 Å². The number of amides is 3. The molecule has 0 radical (unpaired) electrons. The van der Waals surface area contributed by atoms with Crippen LogP contribution in [-0.2, 0) is 38.8 Å².